The fraction of sp³-hybridized carbons (Fsp3) is 0.429. The highest BCUT2D eigenvalue weighted by atomic mass is 35.5. The largest absolute Gasteiger partial charge is 0.476 e. The van der Waals surface area contributed by atoms with E-state index in [1.807, 2.05) is 0 Å². The Kier molecular flexibility index (Phi) is 2.97. The van der Waals surface area contributed by atoms with Gasteiger partial charge in [0.05, 0.1) is 12.6 Å². The molecule has 0 radical (unpaired) electrons. The summed E-state index contributed by atoms with van der Waals surface area (Å²) in [7, 11) is 0. The first-order valence-electron chi connectivity index (χ1n) is 3.86. The van der Waals surface area contributed by atoms with Crippen molar-refractivity contribution in [2.45, 2.75) is 12.6 Å². The van der Waals surface area contributed by atoms with Crippen LogP contribution in [0.3, 0.4) is 0 Å². The Labute approximate surface area is 86.1 Å². The molecule has 2 rings (SSSR count). The fourth-order valence-electron chi connectivity index (χ4n) is 1.22. The summed E-state index contributed by atoms with van der Waals surface area (Å²) >= 11 is 0. The molecule has 0 saturated carbocycles. The third-order valence-corrected chi connectivity index (χ3v) is 1.81. The summed E-state index contributed by atoms with van der Waals surface area (Å²) in [6.45, 7) is 0.910. The van der Waals surface area contributed by atoms with Crippen molar-refractivity contribution < 1.29 is 14.6 Å². The quantitative estimate of drug-likeness (QED) is 0.678. The summed E-state index contributed by atoms with van der Waals surface area (Å²) in [5.41, 5.74) is 5.59. The van der Waals surface area contributed by atoms with Crippen molar-refractivity contribution in [2.24, 2.45) is 5.73 Å². The van der Waals surface area contributed by atoms with Gasteiger partial charge in [-0.15, -0.1) is 12.4 Å². The van der Waals surface area contributed by atoms with Crippen molar-refractivity contribution in [3.05, 3.63) is 11.8 Å². The van der Waals surface area contributed by atoms with Gasteiger partial charge in [0.25, 0.3) is 0 Å². The molecule has 14 heavy (non-hydrogen) atoms. The molecule has 78 valence electrons. The van der Waals surface area contributed by atoms with Crippen molar-refractivity contribution in [3.63, 3.8) is 0 Å². The number of rotatable bonds is 1. The Hall–Kier alpha value is -1.27. The van der Waals surface area contributed by atoms with Gasteiger partial charge >= 0.3 is 5.97 Å². The van der Waals surface area contributed by atoms with Gasteiger partial charge in [0, 0.05) is 6.07 Å². The molecule has 1 aromatic rings. The predicted octanol–water partition coefficient (Wildman–Crippen LogP) is -0.277. The highest BCUT2D eigenvalue weighted by Crippen LogP contribution is 2.17. The summed E-state index contributed by atoms with van der Waals surface area (Å²) in [5, 5.41) is 12.5. The van der Waals surface area contributed by atoms with E-state index in [0.717, 1.165) is 0 Å². The topological polar surface area (TPSA) is 90.4 Å². The van der Waals surface area contributed by atoms with E-state index in [9.17, 15) is 4.79 Å². The third-order valence-electron chi connectivity index (χ3n) is 1.81. The zero-order valence-electron chi connectivity index (χ0n) is 7.21. The van der Waals surface area contributed by atoms with Gasteiger partial charge in [0.15, 0.2) is 5.69 Å². The first kappa shape index (κ1) is 10.8. The molecular weight excluding hydrogens is 210 g/mol. The normalized spacial score (nSPS) is 19.1. The highest BCUT2D eigenvalue weighted by molar-refractivity contribution is 5.85. The van der Waals surface area contributed by atoms with Crippen LogP contribution in [0.25, 0.3) is 0 Å². The van der Waals surface area contributed by atoms with Gasteiger partial charge in [-0.3, -0.25) is 0 Å². The lowest BCUT2D eigenvalue weighted by Gasteiger charge is -2.19. The number of aromatic nitrogens is 2. The van der Waals surface area contributed by atoms with E-state index in [1.165, 1.54) is 10.7 Å². The fourth-order valence-corrected chi connectivity index (χ4v) is 1.22. The Morgan fingerprint density at radius 3 is 3.14 bits per heavy atom. The Morgan fingerprint density at radius 2 is 2.50 bits per heavy atom. The summed E-state index contributed by atoms with van der Waals surface area (Å²) < 4.78 is 6.65. The van der Waals surface area contributed by atoms with E-state index < -0.39 is 5.97 Å². The Morgan fingerprint density at radius 1 is 1.79 bits per heavy atom. The number of carboxylic acids is 1. The predicted molar refractivity (Wildman–Crippen MR) is 49.9 cm³/mol. The first-order chi connectivity index (χ1) is 6.16. The molecule has 1 atom stereocenters. The van der Waals surface area contributed by atoms with Crippen LogP contribution >= 0.6 is 12.4 Å². The molecule has 2 heterocycles. The minimum Gasteiger partial charge on any atom is -0.476 e. The average molecular weight is 220 g/mol. The van der Waals surface area contributed by atoms with Gasteiger partial charge in [-0.05, 0) is 0 Å². The molecule has 1 aliphatic rings. The number of nitrogens with two attached hydrogens (primary N) is 1. The lowest BCUT2D eigenvalue weighted by Crippen LogP contribution is -2.37. The van der Waals surface area contributed by atoms with E-state index in [4.69, 9.17) is 15.6 Å². The van der Waals surface area contributed by atoms with Crippen LogP contribution in [0.4, 0.5) is 0 Å². The SMILES string of the molecule is Cl.NC1COc2cc(C(=O)O)nn2C1. The van der Waals surface area contributed by atoms with E-state index in [0.29, 0.717) is 19.0 Å². The van der Waals surface area contributed by atoms with Crippen LogP contribution in [0.1, 0.15) is 10.5 Å². The smallest absolute Gasteiger partial charge is 0.356 e. The minimum absolute atomic E-state index is 0. The molecule has 7 heteroatoms. The van der Waals surface area contributed by atoms with Crippen LogP contribution in [-0.4, -0.2) is 33.5 Å². The number of halogens is 1. The molecular formula is C7H10ClN3O3. The van der Waals surface area contributed by atoms with Crippen LogP contribution in [0, 0.1) is 0 Å². The molecule has 0 saturated heterocycles. The molecule has 1 unspecified atom stereocenters. The van der Waals surface area contributed by atoms with Gasteiger partial charge < -0.3 is 15.6 Å². The van der Waals surface area contributed by atoms with Gasteiger partial charge in [0.1, 0.15) is 6.61 Å². The van der Waals surface area contributed by atoms with Crippen molar-refractivity contribution >= 4 is 18.4 Å². The maximum absolute atomic E-state index is 10.5. The summed E-state index contributed by atoms with van der Waals surface area (Å²) in [5.74, 6) is -0.585. The summed E-state index contributed by atoms with van der Waals surface area (Å²) in [6, 6.07) is 1.28. The second-order valence-electron chi connectivity index (χ2n) is 2.93. The molecule has 0 bridgehead atoms. The zero-order valence-corrected chi connectivity index (χ0v) is 8.03. The number of ether oxygens (including phenoxy) is 1. The van der Waals surface area contributed by atoms with Crippen molar-refractivity contribution in [2.75, 3.05) is 6.61 Å². The molecule has 0 aliphatic carbocycles. The average Bonchev–Trinajstić information content (AvgIpc) is 2.46. The van der Waals surface area contributed by atoms with Gasteiger partial charge in [0.2, 0.25) is 5.88 Å². The molecule has 0 amide bonds. The van der Waals surface area contributed by atoms with Gasteiger partial charge in [-0.2, -0.15) is 5.10 Å². The maximum Gasteiger partial charge on any atom is 0.356 e. The standard InChI is InChI=1S/C7H9N3O3.ClH/c8-4-2-10-6(13-3-4)1-5(9-10)7(11)12;/h1,4H,2-3,8H2,(H,11,12);1H. The Balaban J connectivity index is 0.000000980. The molecule has 0 spiro atoms. The van der Waals surface area contributed by atoms with E-state index in [2.05, 4.69) is 5.10 Å². The molecule has 1 aliphatic heterocycles. The van der Waals surface area contributed by atoms with Crippen molar-refractivity contribution in [1.82, 2.24) is 9.78 Å². The van der Waals surface area contributed by atoms with E-state index in [-0.39, 0.29) is 24.1 Å². The van der Waals surface area contributed by atoms with Gasteiger partial charge in [-0.1, -0.05) is 0 Å². The van der Waals surface area contributed by atoms with E-state index in [1.54, 1.807) is 0 Å². The molecule has 0 fully saturated rings. The van der Waals surface area contributed by atoms with Crippen molar-refractivity contribution in [1.29, 1.82) is 0 Å². The number of carbonyl (C=O) groups is 1. The highest BCUT2D eigenvalue weighted by Gasteiger charge is 2.20. The maximum atomic E-state index is 10.5. The molecule has 6 nitrogen and oxygen atoms in total. The molecule has 1 aromatic heterocycles. The first-order valence-corrected chi connectivity index (χ1v) is 3.86. The summed E-state index contributed by atoms with van der Waals surface area (Å²) in [6.07, 6.45) is 0. The number of hydrogen-bond donors (Lipinski definition) is 2. The van der Waals surface area contributed by atoms with E-state index >= 15 is 0 Å². The Bertz CT molecular complexity index is 352. The van der Waals surface area contributed by atoms with Crippen LogP contribution in [0.5, 0.6) is 5.88 Å². The number of carboxylic acid groups (broad SMARTS) is 1. The van der Waals surface area contributed by atoms with Crippen LogP contribution < -0.4 is 10.5 Å². The number of hydrogen-bond acceptors (Lipinski definition) is 4. The number of fused-ring (bicyclic) bond motifs is 1. The molecule has 3 N–H and O–H groups in total. The van der Waals surface area contributed by atoms with Gasteiger partial charge in [-0.25, -0.2) is 9.48 Å². The molecule has 0 aromatic carbocycles. The third kappa shape index (κ3) is 1.80. The monoisotopic (exact) mass is 219 g/mol. The summed E-state index contributed by atoms with van der Waals surface area (Å²) in [4.78, 5) is 10.5. The number of nitrogens with zero attached hydrogens (tertiary/aromatic N) is 2. The lowest BCUT2D eigenvalue weighted by atomic mass is 10.3. The zero-order chi connectivity index (χ0) is 9.42. The van der Waals surface area contributed by atoms with Crippen LogP contribution in [0.2, 0.25) is 0 Å². The second-order valence-corrected chi connectivity index (χ2v) is 2.93. The second kappa shape index (κ2) is 3.85. The lowest BCUT2D eigenvalue weighted by molar-refractivity contribution is 0.0689. The van der Waals surface area contributed by atoms with Crippen molar-refractivity contribution in [3.8, 4) is 5.88 Å². The minimum atomic E-state index is -1.06. The van der Waals surface area contributed by atoms with Crippen LogP contribution in [-0.2, 0) is 6.54 Å². The van der Waals surface area contributed by atoms with Crippen LogP contribution in [0.15, 0.2) is 6.07 Å². The number of aromatic carboxylic acids is 1.